The first-order valence-corrected chi connectivity index (χ1v) is 6.53. The number of esters is 1. The number of phenolic OH excluding ortho intramolecular Hbond substituents is 1. The topological polar surface area (TPSA) is 89.7 Å². The van der Waals surface area contributed by atoms with E-state index in [0.29, 0.717) is 5.56 Å². The number of rotatable bonds is 3. The summed E-state index contributed by atoms with van der Waals surface area (Å²) in [5.74, 6) is -1.13. The fourth-order valence-corrected chi connectivity index (χ4v) is 2.36. The third-order valence-electron chi connectivity index (χ3n) is 3.47. The van der Waals surface area contributed by atoms with Crippen LogP contribution in [0.25, 0.3) is 11.1 Å². The molecule has 0 aromatic heterocycles. The van der Waals surface area contributed by atoms with E-state index in [-0.39, 0.29) is 28.1 Å². The maximum atomic E-state index is 12.1. The summed E-state index contributed by atoms with van der Waals surface area (Å²) < 4.78 is 4.69. The molecular formula is C16H15NO5. The van der Waals surface area contributed by atoms with Gasteiger partial charge in [0.25, 0.3) is 5.69 Å². The number of aryl methyl sites for hydroxylation is 2. The van der Waals surface area contributed by atoms with Gasteiger partial charge in [-0.25, -0.2) is 4.79 Å². The number of aromatic hydroxyl groups is 1. The van der Waals surface area contributed by atoms with Gasteiger partial charge in [0, 0.05) is 6.07 Å². The van der Waals surface area contributed by atoms with Crippen molar-refractivity contribution in [2.24, 2.45) is 0 Å². The first kappa shape index (κ1) is 15.5. The average Bonchev–Trinajstić information content (AvgIpc) is 2.49. The average molecular weight is 301 g/mol. The minimum absolute atomic E-state index is 0.0676. The van der Waals surface area contributed by atoms with E-state index in [1.54, 1.807) is 31.2 Å². The number of hydrogen-bond acceptors (Lipinski definition) is 5. The van der Waals surface area contributed by atoms with Crippen molar-refractivity contribution in [2.75, 3.05) is 7.11 Å². The van der Waals surface area contributed by atoms with Gasteiger partial charge in [0.05, 0.1) is 17.6 Å². The highest BCUT2D eigenvalue weighted by Crippen LogP contribution is 2.41. The van der Waals surface area contributed by atoms with E-state index in [1.807, 2.05) is 0 Å². The van der Waals surface area contributed by atoms with Crippen LogP contribution in [0.2, 0.25) is 0 Å². The summed E-state index contributed by atoms with van der Waals surface area (Å²) in [4.78, 5) is 22.9. The monoisotopic (exact) mass is 301 g/mol. The molecule has 0 amide bonds. The number of carbonyl (C=O) groups excluding carboxylic acids is 1. The molecule has 6 heteroatoms. The Labute approximate surface area is 127 Å². The fraction of sp³-hybridized carbons (Fsp3) is 0.188. The van der Waals surface area contributed by atoms with Gasteiger partial charge in [-0.15, -0.1) is 0 Å². The third-order valence-corrected chi connectivity index (χ3v) is 3.47. The van der Waals surface area contributed by atoms with E-state index in [1.165, 1.54) is 13.0 Å². The predicted octanol–water partition coefficient (Wildman–Crippen LogP) is 3.37. The van der Waals surface area contributed by atoms with Crippen LogP contribution in [-0.4, -0.2) is 23.1 Å². The molecule has 0 saturated carbocycles. The van der Waals surface area contributed by atoms with E-state index < -0.39 is 10.9 Å². The van der Waals surface area contributed by atoms with E-state index in [2.05, 4.69) is 4.74 Å². The Balaban J connectivity index is 2.96. The van der Waals surface area contributed by atoms with Crippen molar-refractivity contribution < 1.29 is 19.6 Å². The lowest BCUT2D eigenvalue weighted by atomic mass is 9.92. The minimum atomic E-state index is -0.817. The second kappa shape index (κ2) is 5.85. The Morgan fingerprint density at radius 2 is 1.86 bits per heavy atom. The summed E-state index contributed by atoms with van der Waals surface area (Å²) in [6, 6.07) is 8.19. The number of nitrogens with zero attached hydrogens (tertiary/aromatic N) is 1. The van der Waals surface area contributed by atoms with Crippen LogP contribution in [0.1, 0.15) is 21.5 Å². The van der Waals surface area contributed by atoms with Crippen LogP contribution in [0, 0.1) is 24.0 Å². The van der Waals surface area contributed by atoms with Crippen LogP contribution >= 0.6 is 0 Å². The lowest BCUT2D eigenvalue weighted by molar-refractivity contribution is -0.384. The van der Waals surface area contributed by atoms with Gasteiger partial charge in [-0.1, -0.05) is 24.3 Å². The zero-order valence-electron chi connectivity index (χ0n) is 12.4. The molecule has 6 nitrogen and oxygen atoms in total. The summed E-state index contributed by atoms with van der Waals surface area (Å²) in [6.45, 7) is 3.27. The fourth-order valence-electron chi connectivity index (χ4n) is 2.36. The lowest BCUT2D eigenvalue weighted by Crippen LogP contribution is -2.08. The summed E-state index contributed by atoms with van der Waals surface area (Å²) in [5.41, 5.74) is 1.12. The molecule has 2 aromatic rings. The molecule has 0 atom stereocenters. The predicted molar refractivity (Wildman–Crippen MR) is 81.0 cm³/mol. The van der Waals surface area contributed by atoms with Gasteiger partial charge in [-0.05, 0) is 30.5 Å². The molecule has 0 spiro atoms. The molecular weight excluding hydrogens is 286 g/mol. The van der Waals surface area contributed by atoms with Crippen molar-refractivity contribution in [1.29, 1.82) is 0 Å². The SMILES string of the molecule is COC(=O)c1c(O)c(C)cc([N+](=O)[O-])c1-c1ccccc1C. The molecule has 0 fully saturated rings. The van der Waals surface area contributed by atoms with Crippen LogP contribution < -0.4 is 0 Å². The minimum Gasteiger partial charge on any atom is -0.507 e. The molecule has 0 heterocycles. The molecule has 0 unspecified atom stereocenters. The smallest absolute Gasteiger partial charge is 0.342 e. The van der Waals surface area contributed by atoms with Crippen molar-refractivity contribution in [3.8, 4) is 16.9 Å². The summed E-state index contributed by atoms with van der Waals surface area (Å²) in [5, 5.41) is 21.6. The number of nitro groups is 1. The molecule has 22 heavy (non-hydrogen) atoms. The molecule has 0 radical (unpaired) electrons. The normalized spacial score (nSPS) is 10.3. The van der Waals surface area contributed by atoms with E-state index in [4.69, 9.17) is 0 Å². The van der Waals surface area contributed by atoms with Crippen molar-refractivity contribution >= 4 is 11.7 Å². The van der Waals surface area contributed by atoms with E-state index >= 15 is 0 Å². The first-order valence-electron chi connectivity index (χ1n) is 6.53. The number of ether oxygens (including phenoxy) is 1. The van der Waals surface area contributed by atoms with Gasteiger partial charge in [0.15, 0.2) is 0 Å². The van der Waals surface area contributed by atoms with Gasteiger partial charge >= 0.3 is 5.97 Å². The van der Waals surface area contributed by atoms with Crippen LogP contribution in [0.4, 0.5) is 5.69 Å². The first-order chi connectivity index (χ1) is 10.4. The Hall–Kier alpha value is -2.89. The van der Waals surface area contributed by atoms with Crippen LogP contribution in [0.15, 0.2) is 30.3 Å². The molecule has 0 saturated heterocycles. The molecule has 2 aromatic carbocycles. The molecule has 2 rings (SSSR count). The van der Waals surface area contributed by atoms with Crippen molar-refractivity contribution in [2.45, 2.75) is 13.8 Å². The third kappa shape index (κ3) is 2.50. The maximum Gasteiger partial charge on any atom is 0.342 e. The summed E-state index contributed by atoms with van der Waals surface area (Å²) in [6.07, 6.45) is 0. The highest BCUT2D eigenvalue weighted by atomic mass is 16.6. The second-order valence-electron chi connectivity index (χ2n) is 4.87. The Bertz CT molecular complexity index is 767. The molecule has 1 N–H and O–H groups in total. The van der Waals surface area contributed by atoms with Crippen LogP contribution in [0.5, 0.6) is 5.75 Å². The number of hydrogen-bond donors (Lipinski definition) is 1. The highest BCUT2D eigenvalue weighted by molar-refractivity contribution is 6.03. The maximum absolute atomic E-state index is 12.1. The Morgan fingerprint density at radius 1 is 1.23 bits per heavy atom. The van der Waals surface area contributed by atoms with Crippen molar-refractivity contribution in [1.82, 2.24) is 0 Å². The standard InChI is InChI=1S/C16H15NO5/c1-9-6-4-5-7-11(9)13-12(17(20)21)8-10(2)15(18)14(13)16(19)22-3/h4-8,18H,1-3H3. The Kier molecular flexibility index (Phi) is 4.12. The van der Waals surface area contributed by atoms with Crippen molar-refractivity contribution in [3.05, 3.63) is 57.1 Å². The van der Waals surface area contributed by atoms with Crippen molar-refractivity contribution in [3.63, 3.8) is 0 Å². The number of phenols is 1. The van der Waals surface area contributed by atoms with E-state index in [9.17, 15) is 20.0 Å². The zero-order valence-corrected chi connectivity index (χ0v) is 12.4. The summed E-state index contributed by atoms with van der Waals surface area (Å²) >= 11 is 0. The lowest BCUT2D eigenvalue weighted by Gasteiger charge is -2.14. The van der Waals surface area contributed by atoms with Crippen LogP contribution in [-0.2, 0) is 4.74 Å². The quantitative estimate of drug-likeness (QED) is 0.533. The van der Waals surface area contributed by atoms with Gasteiger partial charge < -0.3 is 9.84 Å². The molecule has 0 aliphatic carbocycles. The number of methoxy groups -OCH3 is 1. The number of benzene rings is 2. The van der Waals surface area contributed by atoms with Crippen LogP contribution in [0.3, 0.4) is 0 Å². The van der Waals surface area contributed by atoms with Gasteiger partial charge in [-0.2, -0.15) is 0 Å². The molecule has 0 aliphatic heterocycles. The Morgan fingerprint density at radius 3 is 2.41 bits per heavy atom. The summed E-state index contributed by atoms with van der Waals surface area (Å²) in [7, 11) is 1.16. The molecule has 0 aliphatic rings. The van der Waals surface area contributed by atoms with E-state index in [0.717, 1.165) is 12.7 Å². The molecule has 114 valence electrons. The number of nitro benzene ring substituents is 1. The van der Waals surface area contributed by atoms with Gasteiger partial charge in [-0.3, -0.25) is 10.1 Å². The molecule has 0 bridgehead atoms. The second-order valence-corrected chi connectivity index (χ2v) is 4.87. The largest absolute Gasteiger partial charge is 0.507 e. The van der Waals surface area contributed by atoms with Gasteiger partial charge in [0.2, 0.25) is 0 Å². The number of carbonyl (C=O) groups is 1. The zero-order chi connectivity index (χ0) is 16.4. The van der Waals surface area contributed by atoms with Gasteiger partial charge in [0.1, 0.15) is 11.3 Å². The highest BCUT2D eigenvalue weighted by Gasteiger charge is 2.29.